The Morgan fingerprint density at radius 2 is 1.90 bits per heavy atom. The number of unbranched alkanes of at least 4 members (excludes halogenated alkanes) is 1. The van der Waals surface area contributed by atoms with Crippen LogP contribution in [0, 0.1) is 11.8 Å². The summed E-state index contributed by atoms with van der Waals surface area (Å²) in [5.41, 5.74) is 2.25. The molecule has 2 saturated carbocycles. The van der Waals surface area contributed by atoms with Gasteiger partial charge in [-0.05, 0) is 81.0 Å². The number of piperidine rings is 1. The van der Waals surface area contributed by atoms with Crippen molar-refractivity contribution in [3.05, 3.63) is 59.2 Å². The van der Waals surface area contributed by atoms with Crippen LogP contribution in [0.1, 0.15) is 81.4 Å². The zero-order valence-electron chi connectivity index (χ0n) is 24.4. The van der Waals surface area contributed by atoms with E-state index in [0.29, 0.717) is 12.5 Å². The molecule has 6 atom stereocenters. The third-order valence-corrected chi connectivity index (χ3v) is 11.6. The third-order valence-electron chi connectivity index (χ3n) is 11.6. The molecule has 8 rings (SSSR count). The number of hydrogen-bond acceptors (Lipinski definition) is 5. The zero-order valence-corrected chi connectivity index (χ0v) is 24.4. The summed E-state index contributed by atoms with van der Waals surface area (Å²) < 4.78 is 13.5. The van der Waals surface area contributed by atoms with Crippen LogP contribution in [0.15, 0.2) is 42.5 Å². The van der Waals surface area contributed by atoms with Gasteiger partial charge in [0.25, 0.3) is 0 Å². The molecule has 3 heterocycles. The normalized spacial score (nSPS) is 35.4. The Hall–Kier alpha value is -2.57. The second kappa shape index (κ2) is 9.74. The molecule has 1 unspecified atom stereocenters. The van der Waals surface area contributed by atoms with Gasteiger partial charge < -0.3 is 19.5 Å². The Morgan fingerprint density at radius 1 is 1.05 bits per heavy atom. The van der Waals surface area contributed by atoms with Crippen LogP contribution in [-0.2, 0) is 23.2 Å². The smallest absolute Gasteiger partial charge is 0.226 e. The van der Waals surface area contributed by atoms with Gasteiger partial charge in [0, 0.05) is 30.6 Å². The molecule has 1 spiro atoms. The van der Waals surface area contributed by atoms with Crippen molar-refractivity contribution >= 4 is 5.91 Å². The topological polar surface area (TPSA) is 62.2 Å². The van der Waals surface area contributed by atoms with Gasteiger partial charge in [0.2, 0.25) is 5.91 Å². The summed E-state index contributed by atoms with van der Waals surface area (Å²) in [5, 5.41) is 12.9. The Balaban J connectivity index is 1.18. The van der Waals surface area contributed by atoms with Gasteiger partial charge in [-0.25, -0.2) is 0 Å². The van der Waals surface area contributed by atoms with E-state index in [9.17, 15) is 9.90 Å². The molecule has 4 fully saturated rings. The molecule has 6 heteroatoms. The van der Waals surface area contributed by atoms with Crippen LogP contribution in [0.4, 0.5) is 0 Å². The van der Waals surface area contributed by atoms with Gasteiger partial charge in [-0.1, -0.05) is 56.2 Å². The number of hydrogen-bond donors (Lipinski definition) is 1. The summed E-state index contributed by atoms with van der Waals surface area (Å²) in [6.45, 7) is 5.57. The lowest BCUT2D eigenvalue weighted by molar-refractivity contribution is -0.201. The number of ether oxygens (including phenoxy) is 2. The van der Waals surface area contributed by atoms with Gasteiger partial charge in [-0.15, -0.1) is 0 Å². The zero-order chi connectivity index (χ0) is 27.8. The molecule has 1 N–H and O–H groups in total. The van der Waals surface area contributed by atoms with Crippen molar-refractivity contribution in [3.63, 3.8) is 0 Å². The van der Waals surface area contributed by atoms with Gasteiger partial charge in [0.05, 0.1) is 17.1 Å². The summed E-state index contributed by atoms with van der Waals surface area (Å²) >= 11 is 0. The quantitative estimate of drug-likeness (QED) is 0.458. The lowest BCUT2D eigenvalue weighted by atomic mass is 9.48. The maximum Gasteiger partial charge on any atom is 0.226 e. The van der Waals surface area contributed by atoms with Gasteiger partial charge in [0.1, 0.15) is 12.7 Å². The standard InChI is InChI=1S/C35H44N2O4/c1-2-3-9-25-15-18-37(33(25)38)27-14-16-35(39)29-20-26-12-13-28(40-22-24-7-5-4-6-8-24)31-30(26)34(35,32(27)41-31)17-19-36(29)21-23-10-11-23/h4-8,12-13,23,25,27,29,32,39H,2-3,9-11,14-22H2,1H3/t25?,27-,29+,32-,34-,35+/m0/s1. The van der Waals surface area contributed by atoms with E-state index in [1.165, 1.54) is 24.0 Å². The number of carbonyl (C=O) groups is 1. The first-order valence-electron chi connectivity index (χ1n) is 16.3. The largest absolute Gasteiger partial charge is 0.485 e. The summed E-state index contributed by atoms with van der Waals surface area (Å²) in [6.07, 6.45) is 9.81. The number of nitrogens with zero attached hydrogens (tertiary/aromatic N) is 2. The van der Waals surface area contributed by atoms with E-state index in [0.717, 1.165) is 94.0 Å². The van der Waals surface area contributed by atoms with Crippen LogP contribution in [0.25, 0.3) is 0 Å². The van der Waals surface area contributed by atoms with E-state index < -0.39 is 11.0 Å². The highest BCUT2D eigenvalue weighted by Gasteiger charge is 2.73. The van der Waals surface area contributed by atoms with E-state index >= 15 is 0 Å². The van der Waals surface area contributed by atoms with E-state index in [4.69, 9.17) is 9.47 Å². The minimum atomic E-state index is -0.859. The van der Waals surface area contributed by atoms with Crippen LogP contribution in [0.2, 0.25) is 0 Å². The molecule has 3 aliphatic heterocycles. The van der Waals surface area contributed by atoms with Crippen molar-refractivity contribution in [1.29, 1.82) is 0 Å². The number of likely N-dealkylation sites (tertiary alicyclic amines) is 2. The number of benzene rings is 2. The first-order valence-corrected chi connectivity index (χ1v) is 16.3. The van der Waals surface area contributed by atoms with Crippen LogP contribution in [0.5, 0.6) is 11.5 Å². The first kappa shape index (κ1) is 26.1. The first-order chi connectivity index (χ1) is 20.0. The van der Waals surface area contributed by atoms with Gasteiger partial charge in [-0.3, -0.25) is 9.69 Å². The molecule has 6 aliphatic rings. The van der Waals surface area contributed by atoms with Crippen molar-refractivity contribution in [1.82, 2.24) is 9.80 Å². The fourth-order valence-corrected chi connectivity index (χ4v) is 9.42. The number of aliphatic hydroxyl groups is 1. The average Bonchev–Trinajstić information content (AvgIpc) is 3.63. The Labute approximate surface area is 244 Å². The van der Waals surface area contributed by atoms with Crippen molar-refractivity contribution < 1.29 is 19.4 Å². The molecule has 0 aromatic heterocycles. The molecular weight excluding hydrogens is 512 g/mol. The van der Waals surface area contributed by atoms with Crippen LogP contribution in [-0.4, -0.2) is 64.2 Å². The Kier molecular flexibility index (Phi) is 6.19. The molecule has 0 radical (unpaired) electrons. The summed E-state index contributed by atoms with van der Waals surface area (Å²) in [5.74, 6) is 2.83. The number of amides is 1. The van der Waals surface area contributed by atoms with Crippen molar-refractivity contribution in [2.75, 3.05) is 19.6 Å². The lowest BCUT2D eigenvalue weighted by Gasteiger charge is -2.64. The molecule has 41 heavy (non-hydrogen) atoms. The van der Waals surface area contributed by atoms with E-state index in [1.54, 1.807) is 0 Å². The summed E-state index contributed by atoms with van der Waals surface area (Å²) in [6, 6.07) is 14.7. The van der Waals surface area contributed by atoms with Gasteiger partial charge >= 0.3 is 0 Å². The number of carbonyl (C=O) groups excluding carboxylic acids is 1. The minimum Gasteiger partial charge on any atom is -0.485 e. The van der Waals surface area contributed by atoms with Gasteiger partial charge in [0.15, 0.2) is 11.5 Å². The Morgan fingerprint density at radius 3 is 2.71 bits per heavy atom. The molecule has 2 aromatic carbocycles. The number of rotatable bonds is 9. The monoisotopic (exact) mass is 556 g/mol. The highest BCUT2D eigenvalue weighted by Crippen LogP contribution is 2.66. The lowest BCUT2D eigenvalue weighted by Crippen LogP contribution is -2.78. The molecule has 6 nitrogen and oxygen atoms in total. The maximum absolute atomic E-state index is 13.8. The minimum absolute atomic E-state index is 0.00893. The van der Waals surface area contributed by atoms with Crippen LogP contribution in [0.3, 0.4) is 0 Å². The highest BCUT2D eigenvalue weighted by molar-refractivity contribution is 5.81. The highest BCUT2D eigenvalue weighted by atomic mass is 16.5. The van der Waals surface area contributed by atoms with Crippen molar-refractivity contribution in [3.8, 4) is 11.5 Å². The maximum atomic E-state index is 13.8. The molecule has 2 bridgehead atoms. The predicted octanol–water partition coefficient (Wildman–Crippen LogP) is 5.24. The fraction of sp³-hybridized carbons (Fsp3) is 0.629. The van der Waals surface area contributed by atoms with Crippen molar-refractivity contribution in [2.45, 2.75) is 107 Å². The predicted molar refractivity (Wildman–Crippen MR) is 157 cm³/mol. The Bertz CT molecular complexity index is 1330. The van der Waals surface area contributed by atoms with Gasteiger partial charge in [-0.2, -0.15) is 0 Å². The molecular formula is C35H44N2O4. The second-order valence-electron chi connectivity index (χ2n) is 13.8. The fourth-order valence-electron chi connectivity index (χ4n) is 9.42. The summed E-state index contributed by atoms with van der Waals surface area (Å²) in [4.78, 5) is 18.5. The van der Waals surface area contributed by atoms with Crippen LogP contribution < -0.4 is 9.47 Å². The van der Waals surface area contributed by atoms with E-state index in [1.807, 2.05) is 18.2 Å². The average molecular weight is 557 g/mol. The molecule has 2 aromatic rings. The molecule has 218 valence electrons. The molecule has 2 saturated heterocycles. The van der Waals surface area contributed by atoms with Crippen LogP contribution >= 0.6 is 0 Å². The molecule has 1 amide bonds. The SMILES string of the molecule is CCCCC1CCN([C@H]2CC[C@@]3(O)[C@H]4Cc5ccc(OCc6ccccc6)c6c5[C@@]3(CCN4CC3CC3)[C@H]2O6)C1=O. The second-order valence-corrected chi connectivity index (χ2v) is 13.8. The van der Waals surface area contributed by atoms with E-state index in [2.05, 4.69) is 41.0 Å². The summed E-state index contributed by atoms with van der Waals surface area (Å²) in [7, 11) is 0. The third kappa shape index (κ3) is 3.85. The molecule has 3 aliphatic carbocycles. The van der Waals surface area contributed by atoms with Crippen molar-refractivity contribution in [2.24, 2.45) is 11.8 Å². The van der Waals surface area contributed by atoms with E-state index in [-0.39, 0.29) is 24.1 Å².